The van der Waals surface area contributed by atoms with Crippen LogP contribution in [0.1, 0.15) is 11.9 Å². The number of hydrogen-bond acceptors (Lipinski definition) is 7. The van der Waals surface area contributed by atoms with Gasteiger partial charge in [-0.25, -0.2) is 0 Å². The molecule has 1 aliphatic heterocycles. The summed E-state index contributed by atoms with van der Waals surface area (Å²) in [6, 6.07) is 5.62. The van der Waals surface area contributed by atoms with Crippen molar-refractivity contribution in [3.8, 4) is 23.0 Å². The van der Waals surface area contributed by atoms with Gasteiger partial charge in [0, 0.05) is 25.7 Å². The molecule has 0 bridgehead atoms. The minimum Gasteiger partial charge on any atom is -0.497 e. The summed E-state index contributed by atoms with van der Waals surface area (Å²) < 4.78 is 16.0. The van der Waals surface area contributed by atoms with E-state index in [0.717, 1.165) is 30.9 Å². The van der Waals surface area contributed by atoms with E-state index < -0.39 is 0 Å². The van der Waals surface area contributed by atoms with Crippen LogP contribution < -0.4 is 14.8 Å². The van der Waals surface area contributed by atoms with Gasteiger partial charge >= 0.3 is 0 Å². The normalized spacial score (nSPS) is 18.3. The van der Waals surface area contributed by atoms with Crippen molar-refractivity contribution in [3.63, 3.8) is 0 Å². The number of ether oxygens (including phenoxy) is 2. The van der Waals surface area contributed by atoms with Crippen LogP contribution in [-0.4, -0.2) is 55.9 Å². The monoisotopic (exact) mass is 340 g/mol. The smallest absolute Gasteiger partial charge is 0.261 e. The highest BCUT2D eigenvalue weighted by Gasteiger charge is 2.26. The van der Waals surface area contributed by atoms with Gasteiger partial charge in [-0.1, -0.05) is 5.16 Å². The number of likely N-dealkylation sites (N-methyl/N-ethyl adjacent to an activating group) is 1. The molecule has 0 aliphatic carbocycles. The Hall–Kier alpha value is -1.83. The van der Waals surface area contributed by atoms with E-state index in [1.165, 1.54) is 0 Å². The van der Waals surface area contributed by atoms with Gasteiger partial charge in [0.1, 0.15) is 11.5 Å². The maximum absolute atomic E-state index is 5.43. The molecule has 8 heteroatoms. The molecule has 23 heavy (non-hydrogen) atoms. The zero-order chi connectivity index (χ0) is 15.5. The van der Waals surface area contributed by atoms with E-state index in [1.807, 2.05) is 12.1 Å². The second kappa shape index (κ2) is 7.63. The Labute approximate surface area is 141 Å². The van der Waals surface area contributed by atoms with Gasteiger partial charge in [-0.3, -0.25) is 4.90 Å². The minimum atomic E-state index is 0. The van der Waals surface area contributed by atoms with Crippen LogP contribution in [0.2, 0.25) is 0 Å². The van der Waals surface area contributed by atoms with Crippen molar-refractivity contribution < 1.29 is 14.0 Å². The summed E-state index contributed by atoms with van der Waals surface area (Å²) in [4.78, 5) is 6.76. The molecular formula is C15H21ClN4O3. The lowest BCUT2D eigenvalue weighted by Gasteiger charge is -2.30. The summed E-state index contributed by atoms with van der Waals surface area (Å²) in [6.07, 6.45) is 0. The van der Waals surface area contributed by atoms with Crippen LogP contribution in [0, 0.1) is 0 Å². The Morgan fingerprint density at radius 3 is 2.83 bits per heavy atom. The third-order valence-corrected chi connectivity index (χ3v) is 3.89. The lowest BCUT2D eigenvalue weighted by atomic mass is 10.1. The molecule has 1 N–H and O–H groups in total. The minimum absolute atomic E-state index is 0. The topological polar surface area (TPSA) is 72.7 Å². The fourth-order valence-corrected chi connectivity index (χ4v) is 2.55. The Morgan fingerprint density at radius 1 is 1.30 bits per heavy atom. The molecule has 1 aliphatic rings. The van der Waals surface area contributed by atoms with Crippen LogP contribution in [0.4, 0.5) is 0 Å². The first kappa shape index (κ1) is 17.5. The second-order valence-corrected chi connectivity index (χ2v) is 5.22. The molecule has 7 nitrogen and oxygen atoms in total. The number of rotatable bonds is 4. The molecule has 1 aromatic carbocycles. The van der Waals surface area contributed by atoms with E-state index in [1.54, 1.807) is 20.3 Å². The van der Waals surface area contributed by atoms with Gasteiger partial charge in [0.05, 0.1) is 25.8 Å². The maximum atomic E-state index is 5.43. The molecule has 1 unspecified atom stereocenters. The Bertz CT molecular complexity index is 649. The van der Waals surface area contributed by atoms with Crippen LogP contribution >= 0.6 is 12.4 Å². The van der Waals surface area contributed by atoms with E-state index in [9.17, 15) is 0 Å². The van der Waals surface area contributed by atoms with Crippen molar-refractivity contribution in [3.05, 3.63) is 24.0 Å². The zero-order valence-electron chi connectivity index (χ0n) is 13.4. The lowest BCUT2D eigenvalue weighted by molar-refractivity contribution is 0.190. The van der Waals surface area contributed by atoms with Gasteiger partial charge in [0.2, 0.25) is 0 Å². The quantitative estimate of drug-likeness (QED) is 0.909. The first-order chi connectivity index (χ1) is 10.7. The molecule has 3 rings (SSSR count). The SMILES string of the molecule is COc1ccc(-c2nc(C3CNCCN3C)no2)c(OC)c1.Cl. The fraction of sp³-hybridized carbons (Fsp3) is 0.467. The summed E-state index contributed by atoms with van der Waals surface area (Å²) in [5.41, 5.74) is 0.758. The van der Waals surface area contributed by atoms with Crippen LogP contribution in [-0.2, 0) is 0 Å². The number of nitrogens with one attached hydrogen (secondary N) is 1. The van der Waals surface area contributed by atoms with Crippen LogP contribution in [0.25, 0.3) is 11.5 Å². The summed E-state index contributed by atoms with van der Waals surface area (Å²) in [6.45, 7) is 2.75. The first-order valence-electron chi connectivity index (χ1n) is 7.20. The Balaban J connectivity index is 0.00000192. The average molecular weight is 341 g/mol. The van der Waals surface area contributed by atoms with Crippen molar-refractivity contribution in [2.45, 2.75) is 6.04 Å². The number of methoxy groups -OCH3 is 2. The molecule has 0 radical (unpaired) electrons. The molecule has 0 saturated carbocycles. The van der Waals surface area contributed by atoms with Gasteiger partial charge in [-0.05, 0) is 19.2 Å². The number of hydrogen-bond donors (Lipinski definition) is 1. The number of halogens is 1. The van der Waals surface area contributed by atoms with Crippen molar-refractivity contribution in [1.82, 2.24) is 20.4 Å². The Kier molecular flexibility index (Phi) is 5.81. The van der Waals surface area contributed by atoms with Crippen molar-refractivity contribution in [2.75, 3.05) is 40.9 Å². The van der Waals surface area contributed by atoms with E-state index in [2.05, 4.69) is 27.4 Å². The van der Waals surface area contributed by atoms with E-state index in [4.69, 9.17) is 14.0 Å². The summed E-state index contributed by atoms with van der Waals surface area (Å²) >= 11 is 0. The standard InChI is InChI=1S/C15H20N4O3.ClH/c1-19-7-6-16-9-12(19)14-17-15(22-18-14)11-5-4-10(20-2)8-13(11)21-3;/h4-5,8,12,16H,6-7,9H2,1-3H3;1H. The molecule has 1 aromatic heterocycles. The third kappa shape index (κ3) is 3.57. The van der Waals surface area contributed by atoms with Gasteiger partial charge in [-0.2, -0.15) is 4.98 Å². The molecule has 126 valence electrons. The Morgan fingerprint density at radius 2 is 2.13 bits per heavy atom. The largest absolute Gasteiger partial charge is 0.497 e. The molecule has 1 fully saturated rings. The second-order valence-electron chi connectivity index (χ2n) is 5.22. The highest BCUT2D eigenvalue weighted by Crippen LogP contribution is 2.33. The molecule has 1 atom stereocenters. The van der Waals surface area contributed by atoms with Crippen LogP contribution in [0.15, 0.2) is 22.7 Å². The molecule has 2 aromatic rings. The van der Waals surface area contributed by atoms with Crippen molar-refractivity contribution in [1.29, 1.82) is 0 Å². The zero-order valence-corrected chi connectivity index (χ0v) is 14.2. The molecular weight excluding hydrogens is 320 g/mol. The van der Waals surface area contributed by atoms with Gasteiger partial charge in [0.25, 0.3) is 5.89 Å². The number of benzene rings is 1. The average Bonchev–Trinajstić information content (AvgIpc) is 3.04. The van der Waals surface area contributed by atoms with Crippen LogP contribution in [0.5, 0.6) is 11.5 Å². The summed E-state index contributed by atoms with van der Waals surface area (Å²) in [7, 11) is 5.29. The number of nitrogens with zero attached hydrogens (tertiary/aromatic N) is 3. The highest BCUT2D eigenvalue weighted by molar-refractivity contribution is 5.85. The fourth-order valence-electron chi connectivity index (χ4n) is 2.55. The summed E-state index contributed by atoms with van der Waals surface area (Å²) in [5.74, 6) is 2.50. The van der Waals surface area contributed by atoms with Crippen molar-refractivity contribution in [2.24, 2.45) is 0 Å². The predicted molar refractivity (Wildman–Crippen MR) is 88.3 cm³/mol. The lowest BCUT2D eigenvalue weighted by Crippen LogP contribution is -2.44. The summed E-state index contributed by atoms with van der Waals surface area (Å²) in [5, 5.41) is 7.48. The van der Waals surface area contributed by atoms with E-state index >= 15 is 0 Å². The number of aromatic nitrogens is 2. The molecule has 0 spiro atoms. The van der Waals surface area contributed by atoms with Gasteiger partial charge in [0.15, 0.2) is 5.82 Å². The van der Waals surface area contributed by atoms with Crippen molar-refractivity contribution >= 4 is 12.4 Å². The van der Waals surface area contributed by atoms with Gasteiger partial charge in [-0.15, -0.1) is 12.4 Å². The third-order valence-electron chi connectivity index (χ3n) is 3.89. The van der Waals surface area contributed by atoms with Crippen LogP contribution in [0.3, 0.4) is 0 Å². The number of piperazine rings is 1. The molecule has 1 saturated heterocycles. The predicted octanol–water partition coefficient (Wildman–Crippen LogP) is 1.75. The van der Waals surface area contributed by atoms with E-state index in [-0.39, 0.29) is 18.4 Å². The first-order valence-corrected chi connectivity index (χ1v) is 7.20. The highest BCUT2D eigenvalue weighted by atomic mass is 35.5. The molecule has 2 heterocycles. The molecule has 0 amide bonds. The maximum Gasteiger partial charge on any atom is 0.261 e. The van der Waals surface area contributed by atoms with Gasteiger partial charge < -0.3 is 19.3 Å². The van der Waals surface area contributed by atoms with E-state index in [0.29, 0.717) is 17.5 Å².